The molecule has 1 atom stereocenters. The summed E-state index contributed by atoms with van der Waals surface area (Å²) in [5.41, 5.74) is 6.43. The molecular weight excluding hydrogens is 212 g/mol. The third-order valence-corrected chi connectivity index (χ3v) is 2.22. The summed E-state index contributed by atoms with van der Waals surface area (Å²) in [6, 6.07) is 9.65. The number of primary amides is 1. The topological polar surface area (TPSA) is 46.3 Å². The van der Waals surface area contributed by atoms with Crippen molar-refractivity contribution in [1.29, 1.82) is 0 Å². The van der Waals surface area contributed by atoms with Gasteiger partial charge in [0.2, 0.25) is 5.91 Å². The van der Waals surface area contributed by atoms with Crippen LogP contribution >= 0.6 is 12.4 Å². The van der Waals surface area contributed by atoms with Gasteiger partial charge in [0.1, 0.15) is 0 Å². The van der Waals surface area contributed by atoms with Gasteiger partial charge in [0, 0.05) is 0 Å². The van der Waals surface area contributed by atoms with Crippen LogP contribution in [0.4, 0.5) is 0 Å². The first-order valence-electron chi connectivity index (χ1n) is 4.61. The summed E-state index contributed by atoms with van der Waals surface area (Å²) < 4.78 is 0. The van der Waals surface area contributed by atoms with E-state index in [4.69, 9.17) is 5.73 Å². The second kappa shape index (κ2) is 6.43. The van der Waals surface area contributed by atoms with E-state index >= 15 is 0 Å². The fourth-order valence-electron chi connectivity index (χ4n) is 1.38. The summed E-state index contributed by atoms with van der Waals surface area (Å²) >= 11 is 0. The Balaban J connectivity index is 0.00000196. The van der Waals surface area contributed by atoms with E-state index in [1.807, 2.05) is 49.3 Å². The van der Waals surface area contributed by atoms with Gasteiger partial charge < -0.3 is 5.73 Å². The number of likely N-dealkylation sites (N-methyl/N-ethyl adjacent to an activating group) is 1. The van der Waals surface area contributed by atoms with Gasteiger partial charge in [-0.3, -0.25) is 9.69 Å². The number of nitrogens with zero attached hydrogens (tertiary/aromatic N) is 1. The van der Waals surface area contributed by atoms with E-state index in [9.17, 15) is 4.79 Å². The van der Waals surface area contributed by atoms with Gasteiger partial charge in [-0.1, -0.05) is 30.3 Å². The highest BCUT2D eigenvalue weighted by molar-refractivity contribution is 5.85. The molecule has 2 N–H and O–H groups in total. The predicted molar refractivity (Wildman–Crippen MR) is 64.1 cm³/mol. The van der Waals surface area contributed by atoms with Crippen molar-refractivity contribution in [3.8, 4) is 0 Å². The normalized spacial score (nSPS) is 11.9. The molecule has 3 nitrogen and oxygen atoms in total. The molecule has 84 valence electrons. The van der Waals surface area contributed by atoms with Gasteiger partial charge in [0.25, 0.3) is 0 Å². The zero-order valence-electron chi connectivity index (χ0n) is 9.01. The van der Waals surface area contributed by atoms with Crippen molar-refractivity contribution < 1.29 is 4.79 Å². The Labute approximate surface area is 96.7 Å². The Hall–Kier alpha value is -1.06. The molecule has 1 amide bonds. The largest absolute Gasteiger partial charge is 0.368 e. The number of nitrogens with two attached hydrogens (primary N) is 1. The van der Waals surface area contributed by atoms with Crippen LogP contribution in [-0.2, 0) is 11.2 Å². The minimum Gasteiger partial charge on any atom is -0.368 e. The van der Waals surface area contributed by atoms with Crippen molar-refractivity contribution in [3.05, 3.63) is 35.9 Å². The molecule has 0 saturated carbocycles. The van der Waals surface area contributed by atoms with Gasteiger partial charge in [-0.25, -0.2) is 0 Å². The lowest BCUT2D eigenvalue weighted by Crippen LogP contribution is -2.41. The van der Waals surface area contributed by atoms with Gasteiger partial charge in [0.15, 0.2) is 0 Å². The highest BCUT2D eigenvalue weighted by atomic mass is 35.5. The molecule has 1 aromatic rings. The number of benzene rings is 1. The average Bonchev–Trinajstić information content (AvgIpc) is 2.15. The number of hydrogen-bond acceptors (Lipinski definition) is 2. The standard InChI is InChI=1S/C11H16N2O.ClH/c1-13(2)10(11(12)14)8-9-6-4-3-5-7-9;/h3-7,10H,8H2,1-2H3,(H2,12,14);1H/t10-;/m1./s1. The summed E-state index contributed by atoms with van der Waals surface area (Å²) in [4.78, 5) is 13.0. The second-order valence-corrected chi connectivity index (χ2v) is 3.57. The van der Waals surface area contributed by atoms with Crippen molar-refractivity contribution in [2.75, 3.05) is 14.1 Å². The number of carbonyl (C=O) groups excluding carboxylic acids is 1. The summed E-state index contributed by atoms with van der Waals surface area (Å²) in [7, 11) is 3.72. The number of rotatable bonds is 4. The van der Waals surface area contributed by atoms with E-state index in [2.05, 4.69) is 0 Å². The summed E-state index contributed by atoms with van der Waals surface area (Å²) in [5, 5.41) is 0. The number of amides is 1. The molecule has 15 heavy (non-hydrogen) atoms. The zero-order chi connectivity index (χ0) is 10.6. The van der Waals surface area contributed by atoms with Gasteiger partial charge >= 0.3 is 0 Å². The molecule has 0 aliphatic rings. The SMILES string of the molecule is CN(C)[C@H](Cc1ccccc1)C(N)=O.Cl. The molecule has 0 spiro atoms. The summed E-state index contributed by atoms with van der Waals surface area (Å²) in [6.45, 7) is 0. The highest BCUT2D eigenvalue weighted by Gasteiger charge is 2.17. The van der Waals surface area contributed by atoms with Crippen LogP contribution in [0.15, 0.2) is 30.3 Å². The van der Waals surface area contributed by atoms with E-state index in [1.54, 1.807) is 0 Å². The molecule has 0 radical (unpaired) electrons. The minimum absolute atomic E-state index is 0. The van der Waals surface area contributed by atoms with Crippen LogP contribution in [0.2, 0.25) is 0 Å². The van der Waals surface area contributed by atoms with Crippen molar-refractivity contribution in [2.45, 2.75) is 12.5 Å². The lowest BCUT2D eigenvalue weighted by Gasteiger charge is -2.20. The smallest absolute Gasteiger partial charge is 0.235 e. The summed E-state index contributed by atoms with van der Waals surface area (Å²) in [5.74, 6) is -0.279. The quantitative estimate of drug-likeness (QED) is 0.838. The first kappa shape index (κ1) is 13.9. The maximum atomic E-state index is 11.1. The Bertz CT molecular complexity index is 301. The van der Waals surface area contributed by atoms with Gasteiger partial charge in [0.05, 0.1) is 6.04 Å². The Morgan fingerprint density at radius 3 is 2.27 bits per heavy atom. The Kier molecular flexibility index (Phi) is 5.97. The van der Waals surface area contributed by atoms with Crippen LogP contribution < -0.4 is 5.73 Å². The lowest BCUT2D eigenvalue weighted by molar-refractivity contribution is -0.122. The van der Waals surface area contributed by atoms with Gasteiger partial charge in [-0.2, -0.15) is 0 Å². The Morgan fingerprint density at radius 2 is 1.87 bits per heavy atom. The molecule has 1 rings (SSSR count). The van der Waals surface area contributed by atoms with Crippen molar-refractivity contribution >= 4 is 18.3 Å². The minimum atomic E-state index is -0.279. The molecule has 0 heterocycles. The lowest BCUT2D eigenvalue weighted by atomic mass is 10.1. The summed E-state index contributed by atoms with van der Waals surface area (Å²) in [6.07, 6.45) is 0.670. The Morgan fingerprint density at radius 1 is 1.33 bits per heavy atom. The molecular formula is C11H17ClN2O. The predicted octanol–water partition coefficient (Wildman–Crippen LogP) is 1.07. The van der Waals surface area contributed by atoms with Crippen LogP contribution in [0, 0.1) is 0 Å². The van der Waals surface area contributed by atoms with Crippen LogP contribution in [0.3, 0.4) is 0 Å². The molecule has 0 saturated heterocycles. The average molecular weight is 229 g/mol. The number of hydrogen-bond donors (Lipinski definition) is 1. The molecule has 0 fully saturated rings. The van der Waals surface area contributed by atoms with Crippen LogP contribution in [-0.4, -0.2) is 30.9 Å². The number of halogens is 1. The van der Waals surface area contributed by atoms with Crippen molar-refractivity contribution in [2.24, 2.45) is 5.73 Å². The van der Waals surface area contributed by atoms with Crippen molar-refractivity contribution in [3.63, 3.8) is 0 Å². The van der Waals surface area contributed by atoms with E-state index in [-0.39, 0.29) is 24.4 Å². The maximum absolute atomic E-state index is 11.1. The van der Waals surface area contributed by atoms with Crippen molar-refractivity contribution in [1.82, 2.24) is 4.90 Å². The van der Waals surface area contributed by atoms with Crippen LogP contribution in [0.25, 0.3) is 0 Å². The fraction of sp³-hybridized carbons (Fsp3) is 0.364. The maximum Gasteiger partial charge on any atom is 0.235 e. The van der Waals surface area contributed by atoms with E-state index in [1.165, 1.54) is 0 Å². The highest BCUT2D eigenvalue weighted by Crippen LogP contribution is 2.05. The fourth-order valence-corrected chi connectivity index (χ4v) is 1.38. The van der Waals surface area contributed by atoms with Crippen LogP contribution in [0.5, 0.6) is 0 Å². The zero-order valence-corrected chi connectivity index (χ0v) is 9.83. The van der Waals surface area contributed by atoms with Gasteiger partial charge in [-0.05, 0) is 26.1 Å². The first-order chi connectivity index (χ1) is 6.61. The molecule has 0 aliphatic heterocycles. The van der Waals surface area contributed by atoms with E-state index < -0.39 is 0 Å². The molecule has 0 aliphatic carbocycles. The first-order valence-corrected chi connectivity index (χ1v) is 4.61. The number of carbonyl (C=O) groups is 1. The van der Waals surface area contributed by atoms with E-state index in [0.29, 0.717) is 6.42 Å². The monoisotopic (exact) mass is 228 g/mol. The third-order valence-electron chi connectivity index (χ3n) is 2.22. The van der Waals surface area contributed by atoms with Crippen LogP contribution in [0.1, 0.15) is 5.56 Å². The second-order valence-electron chi connectivity index (χ2n) is 3.57. The third kappa shape index (κ3) is 4.32. The molecule has 0 aromatic heterocycles. The van der Waals surface area contributed by atoms with Gasteiger partial charge in [-0.15, -0.1) is 12.4 Å². The van der Waals surface area contributed by atoms with E-state index in [0.717, 1.165) is 5.56 Å². The molecule has 4 heteroatoms. The molecule has 0 bridgehead atoms. The molecule has 0 unspecified atom stereocenters. The molecule has 1 aromatic carbocycles.